The Morgan fingerprint density at radius 1 is 1.24 bits per heavy atom. The highest BCUT2D eigenvalue weighted by Gasteiger charge is 2.34. The van der Waals surface area contributed by atoms with Gasteiger partial charge in [-0.2, -0.15) is 4.99 Å². The highest BCUT2D eigenvalue weighted by atomic mass is 32.2. The molecule has 41 heavy (non-hydrogen) atoms. The number of allylic oxidation sites excluding steroid dienone is 1. The van der Waals surface area contributed by atoms with Gasteiger partial charge in [-0.05, 0) is 55.4 Å². The Balaban J connectivity index is 1.55. The van der Waals surface area contributed by atoms with Gasteiger partial charge in [0, 0.05) is 29.0 Å². The molecule has 0 fully saturated rings. The molecule has 2 aliphatic rings. The number of amides is 1. The summed E-state index contributed by atoms with van der Waals surface area (Å²) in [6, 6.07) is 6.66. The van der Waals surface area contributed by atoms with E-state index in [4.69, 9.17) is 4.74 Å². The molecular formula is C27H23N5O7S2. The van der Waals surface area contributed by atoms with Gasteiger partial charge in [-0.25, -0.2) is 14.6 Å². The Labute approximate surface area is 241 Å². The van der Waals surface area contributed by atoms with Crippen LogP contribution in [0.1, 0.15) is 29.8 Å². The van der Waals surface area contributed by atoms with Crippen molar-refractivity contribution in [2.45, 2.75) is 24.4 Å². The number of aliphatic imine (C=N–C) groups is 1. The molecule has 2 aromatic heterocycles. The number of hydrogen-bond acceptors (Lipinski definition) is 11. The predicted octanol–water partition coefficient (Wildman–Crippen LogP) is 5.14. The summed E-state index contributed by atoms with van der Waals surface area (Å²) in [5.74, 6) is -1.64. The number of pyridine rings is 1. The number of rotatable bonds is 7. The molecule has 1 amide bonds. The van der Waals surface area contributed by atoms with E-state index in [0.717, 1.165) is 29.0 Å². The van der Waals surface area contributed by atoms with Crippen LogP contribution in [0.4, 0.5) is 5.69 Å². The van der Waals surface area contributed by atoms with Crippen molar-refractivity contribution in [3.8, 4) is 11.6 Å². The van der Waals surface area contributed by atoms with Crippen molar-refractivity contribution < 1.29 is 34.1 Å². The maximum Gasteiger partial charge on any atom is 0.338 e. The van der Waals surface area contributed by atoms with Gasteiger partial charge in [0.05, 0.1) is 35.7 Å². The first kappa shape index (κ1) is 28.1. The average molecular weight is 594 g/mol. The molecule has 2 N–H and O–H groups in total. The summed E-state index contributed by atoms with van der Waals surface area (Å²) in [6.07, 6.45) is 4.57. The third-order valence-corrected chi connectivity index (χ3v) is 8.25. The Morgan fingerprint density at radius 2 is 2.02 bits per heavy atom. The first-order chi connectivity index (χ1) is 19.5. The number of ether oxygens (including phenoxy) is 2. The molecule has 1 aromatic carbocycles. The van der Waals surface area contributed by atoms with Gasteiger partial charge in [0.1, 0.15) is 10.8 Å². The molecule has 0 spiro atoms. The summed E-state index contributed by atoms with van der Waals surface area (Å²) >= 11 is 2.16. The van der Waals surface area contributed by atoms with E-state index >= 15 is 0 Å². The number of carboxylic acid groups (broad SMARTS) is 1. The van der Waals surface area contributed by atoms with Gasteiger partial charge < -0.3 is 24.3 Å². The zero-order chi connectivity index (χ0) is 29.5. The second kappa shape index (κ2) is 10.9. The van der Waals surface area contributed by atoms with Crippen molar-refractivity contribution >= 4 is 68.7 Å². The van der Waals surface area contributed by atoms with Crippen LogP contribution in [0, 0.1) is 0 Å². The lowest BCUT2D eigenvalue weighted by molar-refractivity contribution is -0.135. The largest absolute Gasteiger partial charge is 0.497 e. The average Bonchev–Trinajstić information content (AvgIpc) is 3.44. The van der Waals surface area contributed by atoms with Gasteiger partial charge in [-0.1, -0.05) is 6.08 Å². The summed E-state index contributed by atoms with van der Waals surface area (Å²) in [5.41, 5.74) is 1.89. The number of thioether (sulfide) groups is 2. The normalized spacial score (nSPS) is 16.8. The lowest BCUT2D eigenvalue weighted by Crippen LogP contribution is -2.27. The van der Waals surface area contributed by atoms with Crippen LogP contribution in [0.3, 0.4) is 0 Å². The second-order valence-corrected chi connectivity index (χ2v) is 11.4. The zero-order valence-electron chi connectivity index (χ0n) is 22.2. The van der Waals surface area contributed by atoms with Crippen LogP contribution >= 0.6 is 23.5 Å². The Bertz CT molecular complexity index is 1750. The number of carbonyl (C=O) groups excluding carboxylic acids is 2. The highest BCUT2D eigenvalue weighted by molar-refractivity contribution is 8.18. The minimum atomic E-state index is -1.06. The van der Waals surface area contributed by atoms with E-state index in [1.54, 1.807) is 22.9 Å². The standard InChI is InChI=1S/C27H23N5O7S2/c1-27(2)11-13(12-40-23-15(25(36)37)6-5-7-28-23)16-8-14(38-3)9-17-20(24(35)32(27)21(16)17)30-31-26-29-22(34)18(41-26)10-19(33)39-4/h5-11,35H,12H2,1-4H3,(H,36,37)/b18-10-,31-30?. The third kappa shape index (κ3) is 5.23. The first-order valence-electron chi connectivity index (χ1n) is 12.1. The van der Waals surface area contributed by atoms with E-state index in [2.05, 4.69) is 24.9 Å². The van der Waals surface area contributed by atoms with Gasteiger partial charge in [0.2, 0.25) is 11.0 Å². The van der Waals surface area contributed by atoms with E-state index in [1.165, 1.54) is 32.0 Å². The molecule has 0 aliphatic carbocycles. The van der Waals surface area contributed by atoms with Gasteiger partial charge in [0.25, 0.3) is 5.91 Å². The monoisotopic (exact) mass is 593 g/mol. The van der Waals surface area contributed by atoms with Gasteiger partial charge in [-0.3, -0.25) is 4.79 Å². The quantitative estimate of drug-likeness (QED) is 0.162. The SMILES string of the molecule is COC(=O)/C=C1\SC(N=Nc2c(O)n3c4c(cc(OC)cc24)C(CSc2ncccc2C(=O)O)=CC3(C)C)=NC1=O. The molecule has 0 radical (unpaired) electrons. The number of nitrogens with zero attached hydrogens (tertiary/aromatic N) is 5. The number of aromatic hydroxyl groups is 1. The minimum Gasteiger partial charge on any atom is -0.497 e. The van der Waals surface area contributed by atoms with Crippen molar-refractivity contribution in [2.75, 3.05) is 20.0 Å². The maximum atomic E-state index is 12.2. The molecule has 4 heterocycles. The Hall–Kier alpha value is -4.43. The molecule has 0 unspecified atom stereocenters. The van der Waals surface area contributed by atoms with Gasteiger partial charge >= 0.3 is 11.9 Å². The lowest BCUT2D eigenvalue weighted by atomic mass is 9.91. The van der Waals surface area contributed by atoms with Crippen LogP contribution in [0.2, 0.25) is 0 Å². The van der Waals surface area contributed by atoms with E-state index in [1.807, 2.05) is 26.0 Å². The zero-order valence-corrected chi connectivity index (χ0v) is 23.9. The number of hydrogen-bond donors (Lipinski definition) is 2. The first-order valence-corrected chi connectivity index (χ1v) is 13.9. The second-order valence-electron chi connectivity index (χ2n) is 9.39. The molecule has 12 nitrogen and oxygen atoms in total. The van der Waals surface area contributed by atoms with Crippen LogP contribution < -0.4 is 4.74 Å². The minimum absolute atomic E-state index is 0.00233. The summed E-state index contributed by atoms with van der Waals surface area (Å²) in [4.78, 5) is 43.5. The molecular weight excluding hydrogens is 570 g/mol. The van der Waals surface area contributed by atoms with Crippen LogP contribution in [-0.2, 0) is 19.9 Å². The number of aromatic carboxylic acids is 1. The van der Waals surface area contributed by atoms with Crippen LogP contribution in [0.15, 0.2) is 67.8 Å². The molecule has 3 aromatic rings. The van der Waals surface area contributed by atoms with E-state index < -0.39 is 23.4 Å². The number of esters is 1. The number of amidine groups is 1. The van der Waals surface area contributed by atoms with Crippen molar-refractivity contribution in [1.82, 2.24) is 9.55 Å². The summed E-state index contributed by atoms with van der Waals surface area (Å²) in [7, 11) is 2.72. The maximum absolute atomic E-state index is 12.2. The van der Waals surface area contributed by atoms with E-state index in [9.17, 15) is 24.6 Å². The van der Waals surface area contributed by atoms with Crippen molar-refractivity contribution in [3.63, 3.8) is 0 Å². The fourth-order valence-electron chi connectivity index (χ4n) is 4.59. The predicted molar refractivity (Wildman–Crippen MR) is 154 cm³/mol. The lowest BCUT2D eigenvalue weighted by Gasteiger charge is -2.32. The topological polar surface area (TPSA) is 165 Å². The molecule has 0 bridgehead atoms. The van der Waals surface area contributed by atoms with Crippen molar-refractivity contribution in [2.24, 2.45) is 15.2 Å². The van der Waals surface area contributed by atoms with E-state index in [0.29, 0.717) is 27.4 Å². The van der Waals surface area contributed by atoms with Crippen LogP contribution in [0.5, 0.6) is 11.6 Å². The van der Waals surface area contributed by atoms with Crippen molar-refractivity contribution in [1.29, 1.82) is 0 Å². The number of carboxylic acids is 1. The van der Waals surface area contributed by atoms with Gasteiger partial charge in [0.15, 0.2) is 5.69 Å². The van der Waals surface area contributed by atoms with Gasteiger partial charge in [-0.15, -0.1) is 22.0 Å². The molecule has 14 heteroatoms. The molecule has 5 rings (SSSR count). The van der Waals surface area contributed by atoms with Crippen LogP contribution in [-0.4, -0.2) is 62.8 Å². The number of azo groups is 1. The summed E-state index contributed by atoms with van der Waals surface area (Å²) in [5, 5.41) is 30.2. The molecule has 210 valence electrons. The van der Waals surface area contributed by atoms with E-state index in [-0.39, 0.29) is 27.2 Å². The fourth-order valence-corrected chi connectivity index (χ4v) is 6.26. The highest BCUT2D eigenvalue weighted by Crippen LogP contribution is 2.50. The summed E-state index contributed by atoms with van der Waals surface area (Å²) < 4.78 is 11.8. The summed E-state index contributed by atoms with van der Waals surface area (Å²) in [6.45, 7) is 3.85. The Kier molecular flexibility index (Phi) is 7.44. The molecule has 0 saturated heterocycles. The third-order valence-electron chi connectivity index (χ3n) is 6.33. The number of carbonyl (C=O) groups is 3. The Morgan fingerprint density at radius 3 is 2.73 bits per heavy atom. The smallest absolute Gasteiger partial charge is 0.338 e. The fraction of sp³-hybridized carbons (Fsp3) is 0.222. The number of benzene rings is 1. The number of methoxy groups -OCH3 is 2. The number of aromatic nitrogens is 2. The molecule has 0 saturated carbocycles. The van der Waals surface area contributed by atoms with Crippen LogP contribution in [0.25, 0.3) is 16.5 Å². The molecule has 0 atom stereocenters. The molecule has 2 aliphatic heterocycles. The van der Waals surface area contributed by atoms with Crippen molar-refractivity contribution in [3.05, 3.63) is 58.6 Å².